The molecule has 0 saturated carbocycles. The minimum atomic E-state index is -4.80. The average molecular weight is 549 g/mol. The zero-order valence-corrected chi connectivity index (χ0v) is 20.1. The highest BCUT2D eigenvalue weighted by molar-refractivity contribution is 9.10. The first-order valence-corrected chi connectivity index (χ1v) is 11.9. The van der Waals surface area contributed by atoms with E-state index < -0.39 is 52.2 Å². The molecule has 2 amide bonds. The third-order valence-electron chi connectivity index (χ3n) is 7.31. The normalized spacial score (nSPS) is 29.4. The largest absolute Gasteiger partial charge is 0.493 e. The number of amides is 2. The van der Waals surface area contributed by atoms with Crippen LogP contribution in [-0.4, -0.2) is 29.6 Å². The molecule has 0 radical (unpaired) electrons. The Labute approximate surface area is 207 Å². The van der Waals surface area contributed by atoms with Gasteiger partial charge in [-0.3, -0.25) is 9.59 Å². The van der Waals surface area contributed by atoms with Gasteiger partial charge in [0.15, 0.2) is 0 Å². The van der Waals surface area contributed by atoms with Gasteiger partial charge in [0.1, 0.15) is 5.75 Å². The molecule has 6 nitrogen and oxygen atoms in total. The molecule has 0 unspecified atom stereocenters. The van der Waals surface area contributed by atoms with Crippen molar-refractivity contribution in [2.45, 2.75) is 43.6 Å². The topological polar surface area (TPSA) is 79.6 Å². The molecule has 0 aliphatic carbocycles. The summed E-state index contributed by atoms with van der Waals surface area (Å²) in [4.78, 5) is 27.8. The smallest absolute Gasteiger partial charge is 0.417 e. The van der Waals surface area contributed by atoms with E-state index in [2.05, 4.69) is 15.9 Å². The Bertz CT molecular complexity index is 1260. The minimum Gasteiger partial charge on any atom is -0.493 e. The summed E-state index contributed by atoms with van der Waals surface area (Å²) in [6.45, 7) is 2.03. The van der Waals surface area contributed by atoms with Crippen LogP contribution in [0.25, 0.3) is 0 Å². The fraction of sp³-hybridized carbons (Fsp3) is 0.400. The van der Waals surface area contributed by atoms with E-state index in [1.54, 1.807) is 19.1 Å². The molecule has 3 saturated heterocycles. The van der Waals surface area contributed by atoms with Crippen LogP contribution < -0.4 is 9.64 Å². The molecule has 10 heteroatoms. The number of nitriles is 1. The van der Waals surface area contributed by atoms with Gasteiger partial charge in [0.2, 0.25) is 11.8 Å². The standard InChI is InChI=1S/C25H20BrF3N2O4/c1-23-8-9-24(35-23,10-11-34-17-6-3-15(26)4-7-17)20-19(23)21(32)31(22(20)33)16-5-2-14(13-30)18(12-16)25(27,28)29/h2-7,12,19-20H,8-11H2,1H3/t19-,20+,23-,24-/m0/s1. The molecule has 0 aromatic heterocycles. The molecular formula is C25H20BrF3N2O4. The van der Waals surface area contributed by atoms with Crippen molar-refractivity contribution in [1.29, 1.82) is 5.26 Å². The molecule has 3 fully saturated rings. The summed E-state index contributed by atoms with van der Waals surface area (Å²) in [6.07, 6.45) is -3.35. The van der Waals surface area contributed by atoms with Crippen molar-refractivity contribution in [3.05, 3.63) is 58.1 Å². The van der Waals surface area contributed by atoms with Crippen molar-refractivity contribution < 1.29 is 32.2 Å². The summed E-state index contributed by atoms with van der Waals surface area (Å²) in [5.41, 5.74) is -3.76. The highest BCUT2D eigenvalue weighted by Crippen LogP contribution is 2.62. The van der Waals surface area contributed by atoms with Crippen molar-refractivity contribution in [3.63, 3.8) is 0 Å². The van der Waals surface area contributed by atoms with Crippen LogP contribution in [0.1, 0.15) is 37.3 Å². The van der Waals surface area contributed by atoms with Gasteiger partial charge in [-0.1, -0.05) is 15.9 Å². The van der Waals surface area contributed by atoms with E-state index in [4.69, 9.17) is 14.7 Å². The monoisotopic (exact) mass is 548 g/mol. The maximum Gasteiger partial charge on any atom is 0.417 e. The summed E-state index contributed by atoms with van der Waals surface area (Å²) < 4.78 is 53.6. The second-order valence-electron chi connectivity index (χ2n) is 9.34. The van der Waals surface area contributed by atoms with Crippen LogP contribution in [0.3, 0.4) is 0 Å². The molecule has 3 aliphatic rings. The SMILES string of the molecule is C[C@@]12CC[C@@](CCOc3ccc(Br)cc3)(O1)[C@H]1C(=O)N(c3ccc(C#N)c(C(F)(F)F)c3)C(=O)[C@H]12. The number of fused-ring (bicyclic) bond motifs is 5. The zero-order valence-electron chi connectivity index (χ0n) is 18.6. The molecule has 2 aromatic rings. The van der Waals surface area contributed by atoms with Crippen LogP contribution in [-0.2, 0) is 20.5 Å². The number of hydrogen-bond donors (Lipinski definition) is 0. The lowest BCUT2D eigenvalue weighted by Gasteiger charge is -2.31. The number of carbonyl (C=O) groups is 2. The van der Waals surface area contributed by atoms with Gasteiger partial charge in [-0.2, -0.15) is 18.4 Å². The van der Waals surface area contributed by atoms with Gasteiger partial charge in [-0.25, -0.2) is 4.90 Å². The highest BCUT2D eigenvalue weighted by atomic mass is 79.9. The molecule has 2 aromatic carbocycles. The minimum absolute atomic E-state index is 0.190. The Morgan fingerprint density at radius 1 is 1.14 bits per heavy atom. The van der Waals surface area contributed by atoms with Gasteiger partial charge < -0.3 is 9.47 Å². The van der Waals surface area contributed by atoms with Crippen molar-refractivity contribution in [3.8, 4) is 11.8 Å². The van der Waals surface area contributed by atoms with E-state index in [9.17, 15) is 22.8 Å². The first kappa shape index (κ1) is 23.8. The Balaban J connectivity index is 1.43. The van der Waals surface area contributed by atoms with Gasteiger partial charge in [0.25, 0.3) is 0 Å². The number of anilines is 1. The van der Waals surface area contributed by atoms with Crippen molar-refractivity contribution in [2.24, 2.45) is 11.8 Å². The molecule has 4 atom stereocenters. The number of nitrogens with zero attached hydrogens (tertiary/aromatic N) is 2. The number of hydrogen-bond acceptors (Lipinski definition) is 5. The number of carbonyl (C=O) groups excluding carboxylic acids is 2. The van der Waals surface area contributed by atoms with E-state index >= 15 is 0 Å². The molecule has 0 spiro atoms. The second-order valence-corrected chi connectivity index (χ2v) is 10.3. The quantitative estimate of drug-likeness (QED) is 0.477. The van der Waals surface area contributed by atoms with Gasteiger partial charge in [0, 0.05) is 10.9 Å². The Morgan fingerprint density at radius 3 is 2.49 bits per heavy atom. The Hall–Kier alpha value is -2.90. The fourth-order valence-electron chi connectivity index (χ4n) is 5.74. The Morgan fingerprint density at radius 2 is 1.83 bits per heavy atom. The highest BCUT2D eigenvalue weighted by Gasteiger charge is 2.73. The summed E-state index contributed by atoms with van der Waals surface area (Å²) in [5.74, 6) is -2.11. The molecular weight excluding hydrogens is 529 g/mol. The van der Waals surface area contributed by atoms with Gasteiger partial charge in [-0.15, -0.1) is 0 Å². The first-order valence-electron chi connectivity index (χ1n) is 11.1. The van der Waals surface area contributed by atoms with Crippen molar-refractivity contribution in [2.75, 3.05) is 11.5 Å². The maximum atomic E-state index is 13.6. The number of alkyl halides is 3. The predicted molar refractivity (Wildman–Crippen MR) is 121 cm³/mol. The average Bonchev–Trinajstić information content (AvgIpc) is 3.38. The summed E-state index contributed by atoms with van der Waals surface area (Å²) in [7, 11) is 0. The zero-order chi connectivity index (χ0) is 25.2. The van der Waals surface area contributed by atoms with Crippen molar-refractivity contribution >= 4 is 33.4 Å². The molecule has 182 valence electrons. The molecule has 5 rings (SSSR count). The van der Waals surface area contributed by atoms with Gasteiger partial charge >= 0.3 is 6.18 Å². The molecule has 3 heterocycles. The molecule has 0 N–H and O–H groups in total. The van der Waals surface area contributed by atoms with Crippen LogP contribution in [0.15, 0.2) is 46.9 Å². The van der Waals surface area contributed by atoms with E-state index in [-0.39, 0.29) is 12.3 Å². The number of halogens is 4. The van der Waals surface area contributed by atoms with Crippen LogP contribution in [0, 0.1) is 23.2 Å². The predicted octanol–water partition coefficient (Wildman–Crippen LogP) is 5.24. The maximum absolute atomic E-state index is 13.6. The summed E-state index contributed by atoms with van der Waals surface area (Å²) >= 11 is 3.36. The van der Waals surface area contributed by atoms with E-state index in [0.29, 0.717) is 31.1 Å². The third kappa shape index (κ3) is 3.72. The van der Waals surface area contributed by atoms with Crippen LogP contribution in [0.5, 0.6) is 5.75 Å². The molecule has 2 bridgehead atoms. The molecule has 3 aliphatic heterocycles. The number of ether oxygens (including phenoxy) is 2. The van der Waals surface area contributed by atoms with E-state index in [1.165, 1.54) is 12.1 Å². The number of benzene rings is 2. The molecule has 35 heavy (non-hydrogen) atoms. The lowest BCUT2D eigenvalue weighted by Crippen LogP contribution is -2.43. The first-order chi connectivity index (χ1) is 16.5. The summed E-state index contributed by atoms with van der Waals surface area (Å²) in [6, 6.07) is 11.7. The fourth-order valence-corrected chi connectivity index (χ4v) is 6.00. The lowest BCUT2D eigenvalue weighted by atomic mass is 9.67. The summed E-state index contributed by atoms with van der Waals surface area (Å²) in [5, 5.41) is 9.07. The number of imide groups is 1. The van der Waals surface area contributed by atoms with Gasteiger partial charge in [-0.05, 0) is 62.2 Å². The third-order valence-corrected chi connectivity index (χ3v) is 7.84. The lowest BCUT2D eigenvalue weighted by molar-refractivity contribution is -0.138. The van der Waals surface area contributed by atoms with Crippen LogP contribution in [0.4, 0.5) is 18.9 Å². The number of rotatable bonds is 5. The second kappa shape index (κ2) is 8.07. The van der Waals surface area contributed by atoms with E-state index in [1.807, 2.05) is 12.1 Å². The van der Waals surface area contributed by atoms with Gasteiger partial charge in [0.05, 0.1) is 52.5 Å². The Kier molecular flexibility index (Phi) is 5.49. The van der Waals surface area contributed by atoms with Crippen LogP contribution >= 0.6 is 15.9 Å². The van der Waals surface area contributed by atoms with Crippen LogP contribution in [0.2, 0.25) is 0 Å². The van der Waals surface area contributed by atoms with Crippen molar-refractivity contribution in [1.82, 2.24) is 0 Å². The van der Waals surface area contributed by atoms with E-state index in [0.717, 1.165) is 15.4 Å².